The Morgan fingerprint density at radius 1 is 0.609 bits per heavy atom. The van der Waals surface area contributed by atoms with Gasteiger partial charge in [-0.3, -0.25) is 0 Å². The van der Waals surface area contributed by atoms with Crippen molar-refractivity contribution in [2.45, 2.75) is 26.4 Å². The second-order valence-electron chi connectivity index (χ2n) is 5.53. The Labute approximate surface area is 137 Å². The first-order chi connectivity index (χ1) is 11.2. The zero-order valence-electron chi connectivity index (χ0n) is 14.0. The average Bonchev–Trinajstić information content (AvgIpc) is 2.55. The van der Waals surface area contributed by atoms with Crippen molar-refractivity contribution in [3.8, 4) is 11.1 Å². The maximum atomic E-state index is 9.50. The van der Waals surface area contributed by atoms with Crippen LogP contribution in [-0.4, -0.2) is 26.4 Å². The number of benzene rings is 2. The molecule has 0 aromatic heterocycles. The minimum absolute atomic E-state index is 0.00719. The lowest BCUT2D eigenvalue weighted by Crippen LogP contribution is -1.97. The van der Waals surface area contributed by atoms with Crippen molar-refractivity contribution in [2.24, 2.45) is 0 Å². The summed E-state index contributed by atoms with van der Waals surface area (Å²) in [5.41, 5.74) is 6.25. The van der Waals surface area contributed by atoms with Crippen LogP contribution in [0.4, 0.5) is 0 Å². The Hall–Kier alpha value is -1.72. The molecule has 0 amide bonds. The molecule has 124 valence electrons. The summed E-state index contributed by atoms with van der Waals surface area (Å²) >= 11 is 0. The fraction of sp³-hybridized carbons (Fsp3) is 0.368. The molecule has 0 radical (unpaired) electrons. The van der Waals surface area contributed by atoms with Gasteiger partial charge in [-0.25, -0.2) is 0 Å². The highest BCUT2D eigenvalue weighted by atomic mass is 16.5. The molecular formula is C19H24O4. The van der Waals surface area contributed by atoms with E-state index < -0.39 is 0 Å². The summed E-state index contributed by atoms with van der Waals surface area (Å²) in [6, 6.07) is 12.4. The van der Waals surface area contributed by atoms with Gasteiger partial charge in [0.15, 0.2) is 0 Å². The minimum Gasteiger partial charge on any atom is -0.392 e. The van der Waals surface area contributed by atoms with Crippen LogP contribution in [0.3, 0.4) is 0 Å². The van der Waals surface area contributed by atoms with Crippen LogP contribution in [0.1, 0.15) is 22.3 Å². The minimum atomic E-state index is 0.00719. The number of methoxy groups -OCH3 is 3. The van der Waals surface area contributed by atoms with E-state index in [1.54, 1.807) is 21.3 Å². The van der Waals surface area contributed by atoms with Gasteiger partial charge < -0.3 is 19.3 Å². The van der Waals surface area contributed by atoms with Crippen molar-refractivity contribution in [3.05, 3.63) is 58.7 Å². The van der Waals surface area contributed by atoms with Crippen LogP contribution in [0.2, 0.25) is 0 Å². The third-order valence-electron chi connectivity index (χ3n) is 3.55. The molecule has 4 nitrogen and oxygen atoms in total. The molecule has 0 fully saturated rings. The molecule has 23 heavy (non-hydrogen) atoms. The van der Waals surface area contributed by atoms with Crippen LogP contribution in [0, 0.1) is 0 Å². The summed E-state index contributed by atoms with van der Waals surface area (Å²) in [6.45, 7) is 1.63. The van der Waals surface area contributed by atoms with Crippen LogP contribution in [0.25, 0.3) is 11.1 Å². The van der Waals surface area contributed by atoms with E-state index in [-0.39, 0.29) is 6.61 Å². The first-order valence-electron chi connectivity index (χ1n) is 7.54. The summed E-state index contributed by atoms with van der Waals surface area (Å²) in [5, 5.41) is 9.50. The Kier molecular flexibility index (Phi) is 6.74. The molecule has 0 aliphatic rings. The lowest BCUT2D eigenvalue weighted by Gasteiger charge is -2.12. The SMILES string of the molecule is COCc1cc(CO)cc(-c2cc(COC)cc(COC)c2)c1. The van der Waals surface area contributed by atoms with E-state index >= 15 is 0 Å². The van der Waals surface area contributed by atoms with Gasteiger partial charge in [-0.2, -0.15) is 0 Å². The summed E-state index contributed by atoms with van der Waals surface area (Å²) in [5.74, 6) is 0. The number of hydrogen-bond donors (Lipinski definition) is 1. The molecule has 0 heterocycles. The lowest BCUT2D eigenvalue weighted by molar-refractivity contribution is 0.180. The fourth-order valence-electron chi connectivity index (χ4n) is 2.70. The zero-order valence-corrected chi connectivity index (χ0v) is 14.0. The van der Waals surface area contributed by atoms with Gasteiger partial charge in [0.05, 0.1) is 26.4 Å². The van der Waals surface area contributed by atoms with Crippen LogP contribution in [0.5, 0.6) is 0 Å². The lowest BCUT2D eigenvalue weighted by atomic mass is 9.97. The zero-order chi connectivity index (χ0) is 16.7. The van der Waals surface area contributed by atoms with Crippen LogP contribution >= 0.6 is 0 Å². The van der Waals surface area contributed by atoms with Gasteiger partial charge in [0, 0.05) is 21.3 Å². The van der Waals surface area contributed by atoms with E-state index in [2.05, 4.69) is 24.3 Å². The van der Waals surface area contributed by atoms with E-state index in [9.17, 15) is 5.11 Å². The number of hydrogen-bond acceptors (Lipinski definition) is 4. The van der Waals surface area contributed by atoms with Crippen molar-refractivity contribution in [3.63, 3.8) is 0 Å². The van der Waals surface area contributed by atoms with Crippen molar-refractivity contribution in [1.29, 1.82) is 0 Å². The molecule has 0 unspecified atom stereocenters. The molecule has 2 aromatic rings. The third-order valence-corrected chi connectivity index (χ3v) is 3.55. The Bertz CT molecular complexity index is 613. The van der Waals surface area contributed by atoms with Crippen molar-refractivity contribution in [1.82, 2.24) is 0 Å². The van der Waals surface area contributed by atoms with Crippen LogP contribution < -0.4 is 0 Å². The standard InChI is InChI=1S/C19H24O4/c1-21-11-15-4-14(10-20)6-18(7-15)19-8-16(12-22-2)5-17(9-19)13-23-3/h4-9,20H,10-13H2,1-3H3. The van der Waals surface area contributed by atoms with E-state index in [1.807, 2.05) is 12.1 Å². The van der Waals surface area contributed by atoms with Crippen molar-refractivity contribution in [2.75, 3.05) is 21.3 Å². The highest BCUT2D eigenvalue weighted by Gasteiger charge is 2.07. The van der Waals surface area contributed by atoms with Gasteiger partial charge in [0.1, 0.15) is 0 Å². The Balaban J connectivity index is 2.48. The Morgan fingerprint density at radius 2 is 0.957 bits per heavy atom. The average molecular weight is 316 g/mol. The normalized spacial score (nSPS) is 11.0. The molecule has 0 saturated heterocycles. The summed E-state index contributed by atoms with van der Waals surface area (Å²) < 4.78 is 15.7. The van der Waals surface area contributed by atoms with E-state index in [0.29, 0.717) is 19.8 Å². The van der Waals surface area contributed by atoms with Gasteiger partial charge in [-0.05, 0) is 57.6 Å². The number of aliphatic hydroxyl groups is 1. The molecule has 0 atom stereocenters. The Morgan fingerprint density at radius 3 is 1.30 bits per heavy atom. The maximum Gasteiger partial charge on any atom is 0.0713 e. The molecule has 0 saturated carbocycles. The third kappa shape index (κ3) is 4.88. The second-order valence-corrected chi connectivity index (χ2v) is 5.53. The molecule has 0 aliphatic carbocycles. The first-order valence-corrected chi connectivity index (χ1v) is 7.54. The van der Waals surface area contributed by atoms with Crippen molar-refractivity contribution >= 4 is 0 Å². The second kappa shape index (κ2) is 8.79. The molecule has 1 N–H and O–H groups in total. The monoisotopic (exact) mass is 316 g/mol. The van der Waals surface area contributed by atoms with Crippen LogP contribution in [-0.2, 0) is 40.6 Å². The summed E-state index contributed by atoms with van der Waals surface area (Å²) in [7, 11) is 5.04. The topological polar surface area (TPSA) is 47.9 Å². The van der Waals surface area contributed by atoms with E-state index in [1.165, 1.54) is 0 Å². The van der Waals surface area contributed by atoms with Crippen molar-refractivity contribution < 1.29 is 19.3 Å². The van der Waals surface area contributed by atoms with Gasteiger partial charge in [0.2, 0.25) is 0 Å². The molecular weight excluding hydrogens is 292 g/mol. The quantitative estimate of drug-likeness (QED) is 0.812. The predicted octanol–water partition coefficient (Wildman–Crippen LogP) is 3.29. The number of ether oxygens (including phenoxy) is 3. The van der Waals surface area contributed by atoms with Gasteiger partial charge in [-0.1, -0.05) is 12.1 Å². The molecule has 0 aliphatic heterocycles. The van der Waals surface area contributed by atoms with Gasteiger partial charge in [0.25, 0.3) is 0 Å². The smallest absolute Gasteiger partial charge is 0.0713 e. The number of aliphatic hydroxyl groups excluding tert-OH is 1. The number of rotatable bonds is 8. The molecule has 2 rings (SSSR count). The summed E-state index contributed by atoms with van der Waals surface area (Å²) in [4.78, 5) is 0. The highest BCUT2D eigenvalue weighted by Crippen LogP contribution is 2.26. The maximum absolute atomic E-state index is 9.50. The first kappa shape index (κ1) is 17.6. The molecule has 4 heteroatoms. The van der Waals surface area contributed by atoms with E-state index in [0.717, 1.165) is 33.4 Å². The molecule has 0 bridgehead atoms. The largest absolute Gasteiger partial charge is 0.392 e. The fourth-order valence-corrected chi connectivity index (χ4v) is 2.70. The van der Waals surface area contributed by atoms with Gasteiger partial charge >= 0.3 is 0 Å². The molecule has 2 aromatic carbocycles. The van der Waals surface area contributed by atoms with Gasteiger partial charge in [-0.15, -0.1) is 0 Å². The van der Waals surface area contributed by atoms with Crippen LogP contribution in [0.15, 0.2) is 36.4 Å². The highest BCUT2D eigenvalue weighted by molar-refractivity contribution is 5.67. The summed E-state index contributed by atoms with van der Waals surface area (Å²) in [6.07, 6.45) is 0. The molecule has 0 spiro atoms. The predicted molar refractivity (Wildman–Crippen MR) is 89.9 cm³/mol. The van der Waals surface area contributed by atoms with E-state index in [4.69, 9.17) is 14.2 Å².